The summed E-state index contributed by atoms with van der Waals surface area (Å²) in [6.45, 7) is 4.00. The molecule has 0 saturated carbocycles. The van der Waals surface area contributed by atoms with Gasteiger partial charge < -0.3 is 11.1 Å². The molecule has 4 nitrogen and oxygen atoms in total. The summed E-state index contributed by atoms with van der Waals surface area (Å²) in [5.41, 5.74) is 9.92. The van der Waals surface area contributed by atoms with Crippen LogP contribution in [0.25, 0.3) is 11.1 Å². The number of anilines is 2. The Hall–Kier alpha value is -2.75. The first-order valence-corrected chi connectivity index (χ1v) is 10.7. The van der Waals surface area contributed by atoms with Crippen LogP contribution in [0.15, 0.2) is 58.8 Å². The Kier molecular flexibility index (Phi) is 6.40. The molecule has 0 bridgehead atoms. The molecule has 0 radical (unpaired) electrons. The van der Waals surface area contributed by atoms with E-state index >= 15 is 0 Å². The third kappa shape index (κ3) is 4.56. The van der Waals surface area contributed by atoms with E-state index in [-0.39, 0.29) is 11.2 Å². The molecule has 2 aromatic carbocycles. The molecule has 0 fully saturated rings. The van der Waals surface area contributed by atoms with Gasteiger partial charge in [-0.3, -0.25) is 4.79 Å². The van der Waals surface area contributed by atoms with Gasteiger partial charge in [0.15, 0.2) is 0 Å². The van der Waals surface area contributed by atoms with Gasteiger partial charge in [-0.25, -0.2) is 0 Å². The number of benzene rings is 2. The predicted octanol–water partition coefficient (Wildman–Crippen LogP) is 5.69. The van der Waals surface area contributed by atoms with Crippen LogP contribution >= 0.6 is 23.1 Å². The Balaban J connectivity index is 1.78. The van der Waals surface area contributed by atoms with E-state index in [1.807, 2.05) is 67.8 Å². The third-order valence-corrected chi connectivity index (χ3v) is 6.60. The van der Waals surface area contributed by atoms with Crippen molar-refractivity contribution in [3.05, 3.63) is 65.0 Å². The summed E-state index contributed by atoms with van der Waals surface area (Å²) in [7, 11) is 0. The molecule has 3 N–H and O–H groups in total. The SMILES string of the molecule is CCC(Sc1ccc(N)cc1)C(=O)Nc1scc(-c2ccc(C)cc2)c1C#N. The van der Waals surface area contributed by atoms with E-state index in [9.17, 15) is 10.1 Å². The van der Waals surface area contributed by atoms with Gasteiger partial charge in [-0.2, -0.15) is 5.26 Å². The minimum Gasteiger partial charge on any atom is -0.399 e. The molecule has 0 aliphatic rings. The van der Waals surface area contributed by atoms with Gasteiger partial charge in [0.2, 0.25) is 5.91 Å². The van der Waals surface area contributed by atoms with Crippen LogP contribution in [0, 0.1) is 18.3 Å². The van der Waals surface area contributed by atoms with E-state index < -0.39 is 0 Å². The lowest BCUT2D eigenvalue weighted by Crippen LogP contribution is -2.24. The monoisotopic (exact) mass is 407 g/mol. The standard InChI is InChI=1S/C22H21N3OS2/c1-3-20(28-17-10-8-16(24)9-11-17)21(26)25-22-18(12-23)19(13-27-22)15-6-4-14(2)5-7-15/h4-11,13,20H,3,24H2,1-2H3,(H,25,26). The fourth-order valence-electron chi connectivity index (χ4n) is 2.73. The average molecular weight is 408 g/mol. The number of rotatable bonds is 6. The van der Waals surface area contributed by atoms with Crippen molar-refractivity contribution in [1.82, 2.24) is 0 Å². The summed E-state index contributed by atoms with van der Waals surface area (Å²) in [5.74, 6) is -0.0990. The molecule has 1 heterocycles. The number of amides is 1. The predicted molar refractivity (Wildman–Crippen MR) is 119 cm³/mol. The lowest BCUT2D eigenvalue weighted by Gasteiger charge is -2.14. The number of hydrogen-bond acceptors (Lipinski definition) is 5. The van der Waals surface area contributed by atoms with Crippen molar-refractivity contribution in [3.8, 4) is 17.2 Å². The van der Waals surface area contributed by atoms with Crippen LogP contribution in [-0.4, -0.2) is 11.2 Å². The number of carbonyl (C=O) groups is 1. The van der Waals surface area contributed by atoms with Crippen molar-refractivity contribution in [3.63, 3.8) is 0 Å². The van der Waals surface area contributed by atoms with Crippen molar-refractivity contribution >= 4 is 39.7 Å². The van der Waals surface area contributed by atoms with Gasteiger partial charge >= 0.3 is 0 Å². The second kappa shape index (κ2) is 8.96. The van der Waals surface area contributed by atoms with Crippen molar-refractivity contribution in [1.29, 1.82) is 5.26 Å². The highest BCUT2D eigenvalue weighted by Crippen LogP contribution is 2.36. The zero-order valence-electron chi connectivity index (χ0n) is 15.7. The van der Waals surface area contributed by atoms with Gasteiger partial charge in [0.1, 0.15) is 11.1 Å². The fraction of sp³-hybridized carbons (Fsp3) is 0.182. The molecule has 1 aromatic heterocycles. The van der Waals surface area contributed by atoms with E-state index in [0.717, 1.165) is 21.6 Å². The normalized spacial score (nSPS) is 11.6. The number of nitrogens with zero attached hydrogens (tertiary/aromatic N) is 1. The van der Waals surface area contributed by atoms with Crippen LogP contribution in [0.2, 0.25) is 0 Å². The maximum atomic E-state index is 12.8. The van der Waals surface area contributed by atoms with Crippen LogP contribution in [0.4, 0.5) is 10.7 Å². The second-order valence-corrected chi connectivity index (χ2v) is 8.56. The molecular weight excluding hydrogens is 386 g/mol. The number of aryl methyl sites for hydroxylation is 1. The highest BCUT2D eigenvalue weighted by atomic mass is 32.2. The van der Waals surface area contributed by atoms with Gasteiger partial charge in [0.25, 0.3) is 0 Å². The number of thiophene rings is 1. The first kappa shape index (κ1) is 20.0. The van der Waals surface area contributed by atoms with Crippen LogP contribution < -0.4 is 11.1 Å². The maximum Gasteiger partial charge on any atom is 0.238 e. The smallest absolute Gasteiger partial charge is 0.238 e. The van der Waals surface area contributed by atoms with Crippen LogP contribution in [0.3, 0.4) is 0 Å². The molecule has 0 aliphatic heterocycles. The van der Waals surface area contributed by atoms with Crippen molar-refractivity contribution < 1.29 is 4.79 Å². The van der Waals surface area contributed by atoms with Crippen LogP contribution in [0.1, 0.15) is 24.5 Å². The molecule has 1 amide bonds. The number of nitrogen functional groups attached to an aromatic ring is 1. The first-order chi connectivity index (χ1) is 13.5. The third-order valence-electron chi connectivity index (χ3n) is 4.32. The molecule has 1 unspecified atom stereocenters. The summed E-state index contributed by atoms with van der Waals surface area (Å²) in [5, 5.41) is 14.9. The van der Waals surface area contributed by atoms with E-state index in [0.29, 0.717) is 22.7 Å². The van der Waals surface area contributed by atoms with Gasteiger partial charge in [0.05, 0.1) is 10.8 Å². The Bertz CT molecular complexity index is 1000. The topological polar surface area (TPSA) is 78.9 Å². The van der Waals surface area contributed by atoms with Crippen LogP contribution in [0.5, 0.6) is 0 Å². The summed E-state index contributed by atoms with van der Waals surface area (Å²) in [4.78, 5) is 13.8. The Labute approximate surface area is 173 Å². The summed E-state index contributed by atoms with van der Waals surface area (Å²) < 4.78 is 0. The lowest BCUT2D eigenvalue weighted by atomic mass is 10.0. The molecule has 1 atom stereocenters. The van der Waals surface area contributed by atoms with Gasteiger partial charge in [-0.1, -0.05) is 36.8 Å². The van der Waals surface area contributed by atoms with E-state index in [1.165, 1.54) is 23.1 Å². The number of hydrogen-bond donors (Lipinski definition) is 2. The Morgan fingerprint density at radius 3 is 2.50 bits per heavy atom. The number of nitriles is 1. The van der Waals surface area contributed by atoms with E-state index in [4.69, 9.17) is 5.73 Å². The molecule has 0 spiro atoms. The van der Waals surface area contributed by atoms with Crippen molar-refractivity contribution in [2.75, 3.05) is 11.1 Å². The number of nitrogens with two attached hydrogens (primary N) is 1. The van der Waals surface area contributed by atoms with Gasteiger partial charge in [-0.05, 0) is 43.2 Å². The highest BCUT2D eigenvalue weighted by Gasteiger charge is 2.21. The van der Waals surface area contributed by atoms with Crippen LogP contribution in [-0.2, 0) is 4.79 Å². The largest absolute Gasteiger partial charge is 0.399 e. The second-order valence-electron chi connectivity index (χ2n) is 6.40. The summed E-state index contributed by atoms with van der Waals surface area (Å²) in [6, 6.07) is 17.8. The van der Waals surface area contributed by atoms with E-state index in [1.54, 1.807) is 0 Å². The van der Waals surface area contributed by atoms with E-state index in [2.05, 4.69) is 11.4 Å². The molecule has 0 aliphatic carbocycles. The molecule has 6 heteroatoms. The van der Waals surface area contributed by atoms with Crippen molar-refractivity contribution in [2.45, 2.75) is 30.4 Å². The summed E-state index contributed by atoms with van der Waals surface area (Å²) >= 11 is 2.88. The first-order valence-electron chi connectivity index (χ1n) is 8.93. The lowest BCUT2D eigenvalue weighted by molar-refractivity contribution is -0.115. The van der Waals surface area contributed by atoms with Gasteiger partial charge in [-0.15, -0.1) is 23.1 Å². The molecule has 0 saturated heterocycles. The average Bonchev–Trinajstić information content (AvgIpc) is 3.10. The summed E-state index contributed by atoms with van der Waals surface area (Å²) in [6.07, 6.45) is 0.680. The minimum atomic E-state index is -0.250. The zero-order chi connectivity index (χ0) is 20.1. The highest BCUT2D eigenvalue weighted by molar-refractivity contribution is 8.00. The number of thioether (sulfide) groups is 1. The Morgan fingerprint density at radius 1 is 1.21 bits per heavy atom. The molecule has 142 valence electrons. The minimum absolute atomic E-state index is 0.0990. The number of nitrogens with one attached hydrogen (secondary N) is 1. The fourth-order valence-corrected chi connectivity index (χ4v) is 4.61. The number of carbonyl (C=O) groups excluding carboxylic acids is 1. The zero-order valence-corrected chi connectivity index (χ0v) is 17.4. The maximum absolute atomic E-state index is 12.8. The molecule has 3 aromatic rings. The quantitative estimate of drug-likeness (QED) is 0.406. The van der Waals surface area contributed by atoms with Gasteiger partial charge in [0, 0.05) is 21.5 Å². The Morgan fingerprint density at radius 2 is 1.89 bits per heavy atom. The molecule has 3 rings (SSSR count). The van der Waals surface area contributed by atoms with Crippen molar-refractivity contribution in [2.24, 2.45) is 0 Å². The molecule has 28 heavy (non-hydrogen) atoms. The molecular formula is C22H21N3OS2.